The molecule has 3 atom stereocenters. The lowest BCUT2D eigenvalue weighted by Crippen LogP contribution is -2.34. The predicted molar refractivity (Wildman–Crippen MR) is 89.3 cm³/mol. The van der Waals surface area contributed by atoms with Crippen molar-refractivity contribution in [2.24, 2.45) is 30.7 Å². The Morgan fingerprint density at radius 1 is 1.29 bits per heavy atom. The van der Waals surface area contributed by atoms with Crippen LogP contribution < -0.4 is 5.32 Å². The quantitative estimate of drug-likeness (QED) is 0.863. The van der Waals surface area contributed by atoms with Crippen LogP contribution in [-0.2, 0) is 7.05 Å². The minimum absolute atomic E-state index is 0.631. The molecule has 3 heteroatoms. The molecule has 21 heavy (non-hydrogen) atoms. The van der Waals surface area contributed by atoms with Gasteiger partial charge in [0.15, 0.2) is 0 Å². The molecule has 1 saturated carbocycles. The number of aryl methyl sites for hydroxylation is 1. The molecule has 1 fully saturated rings. The first-order valence-electron chi connectivity index (χ1n) is 8.67. The minimum Gasteiger partial charge on any atom is -0.316 e. The molecule has 3 nitrogen and oxygen atoms in total. The summed E-state index contributed by atoms with van der Waals surface area (Å²) in [5, 5.41) is 8.38. The van der Waals surface area contributed by atoms with Gasteiger partial charge in [0, 0.05) is 19.2 Å². The van der Waals surface area contributed by atoms with E-state index >= 15 is 0 Å². The Balaban J connectivity index is 2.03. The monoisotopic (exact) mass is 291 g/mol. The first-order valence-corrected chi connectivity index (χ1v) is 8.67. The van der Waals surface area contributed by atoms with Gasteiger partial charge in [0.2, 0.25) is 0 Å². The molecule has 0 aliphatic heterocycles. The second kappa shape index (κ2) is 7.44. The number of hydrogen-bond donors (Lipinski definition) is 1. The van der Waals surface area contributed by atoms with Gasteiger partial charge in [-0.15, -0.1) is 0 Å². The normalized spacial score (nSPS) is 26.7. The van der Waals surface area contributed by atoms with Crippen molar-refractivity contribution in [2.45, 2.75) is 52.9 Å². The van der Waals surface area contributed by atoms with E-state index in [-0.39, 0.29) is 0 Å². The molecule has 1 aliphatic carbocycles. The molecule has 3 unspecified atom stereocenters. The van der Waals surface area contributed by atoms with Crippen molar-refractivity contribution in [3.8, 4) is 0 Å². The van der Waals surface area contributed by atoms with Gasteiger partial charge in [0.25, 0.3) is 0 Å². The smallest absolute Gasteiger partial charge is 0.0658 e. The average molecular weight is 291 g/mol. The van der Waals surface area contributed by atoms with Crippen molar-refractivity contribution in [3.05, 3.63) is 18.0 Å². The van der Waals surface area contributed by atoms with Gasteiger partial charge in [-0.25, -0.2) is 0 Å². The van der Waals surface area contributed by atoms with E-state index < -0.39 is 0 Å². The summed E-state index contributed by atoms with van der Waals surface area (Å²) in [6.07, 6.45) is 6.12. The number of hydrogen-bond acceptors (Lipinski definition) is 2. The van der Waals surface area contributed by atoms with Gasteiger partial charge in [-0.1, -0.05) is 27.7 Å². The van der Waals surface area contributed by atoms with Gasteiger partial charge in [0.05, 0.1) is 5.69 Å². The zero-order valence-electron chi connectivity index (χ0n) is 14.5. The van der Waals surface area contributed by atoms with Gasteiger partial charge < -0.3 is 5.32 Å². The maximum absolute atomic E-state index is 4.71. The predicted octanol–water partition coefficient (Wildman–Crippen LogP) is 3.82. The van der Waals surface area contributed by atoms with Crippen molar-refractivity contribution >= 4 is 0 Å². The second-order valence-electron chi connectivity index (χ2n) is 7.65. The molecule has 1 aromatic rings. The highest BCUT2D eigenvalue weighted by Gasteiger charge is 2.33. The van der Waals surface area contributed by atoms with E-state index in [0.29, 0.717) is 5.92 Å². The molecule has 0 bridgehead atoms. The molecular formula is C18H33N3. The first kappa shape index (κ1) is 16.5. The van der Waals surface area contributed by atoms with Crippen molar-refractivity contribution in [1.82, 2.24) is 15.1 Å². The van der Waals surface area contributed by atoms with E-state index in [2.05, 4.69) is 45.3 Å². The minimum atomic E-state index is 0.631. The van der Waals surface area contributed by atoms with Gasteiger partial charge in [-0.05, 0) is 62.1 Å². The van der Waals surface area contributed by atoms with E-state index in [1.165, 1.54) is 25.0 Å². The van der Waals surface area contributed by atoms with Crippen molar-refractivity contribution in [2.75, 3.05) is 13.1 Å². The lowest BCUT2D eigenvalue weighted by Gasteiger charge is -2.37. The molecule has 2 rings (SSSR count). The molecule has 120 valence electrons. The Kier molecular flexibility index (Phi) is 5.86. The van der Waals surface area contributed by atoms with Crippen LogP contribution in [0.3, 0.4) is 0 Å². The van der Waals surface area contributed by atoms with Crippen LogP contribution in [0.1, 0.15) is 58.6 Å². The fraction of sp³-hybridized carbons (Fsp3) is 0.833. The van der Waals surface area contributed by atoms with Crippen LogP contribution in [0.25, 0.3) is 0 Å². The highest BCUT2D eigenvalue weighted by molar-refractivity contribution is 5.10. The zero-order valence-corrected chi connectivity index (χ0v) is 14.5. The van der Waals surface area contributed by atoms with Crippen LogP contribution in [0.15, 0.2) is 12.3 Å². The molecule has 0 amide bonds. The summed E-state index contributed by atoms with van der Waals surface area (Å²) in [7, 11) is 2.03. The molecular weight excluding hydrogens is 258 g/mol. The fourth-order valence-electron chi connectivity index (χ4n) is 3.67. The summed E-state index contributed by atoms with van der Waals surface area (Å²) < 4.78 is 1.95. The summed E-state index contributed by atoms with van der Waals surface area (Å²) in [5.41, 5.74) is 1.30. The third-order valence-electron chi connectivity index (χ3n) is 5.05. The van der Waals surface area contributed by atoms with E-state index in [1.54, 1.807) is 0 Å². The van der Waals surface area contributed by atoms with Crippen molar-refractivity contribution in [1.29, 1.82) is 0 Å². The average Bonchev–Trinajstić information content (AvgIpc) is 2.85. The Labute approximate surface area is 130 Å². The maximum atomic E-state index is 4.71. The highest BCUT2D eigenvalue weighted by atomic mass is 15.2. The topological polar surface area (TPSA) is 29.9 Å². The molecule has 0 spiro atoms. The lowest BCUT2D eigenvalue weighted by atomic mass is 9.69. The largest absolute Gasteiger partial charge is 0.316 e. The molecule has 0 radical (unpaired) electrons. The summed E-state index contributed by atoms with van der Waals surface area (Å²) >= 11 is 0. The zero-order chi connectivity index (χ0) is 15.4. The third kappa shape index (κ3) is 4.57. The van der Waals surface area contributed by atoms with Crippen LogP contribution >= 0.6 is 0 Å². The number of rotatable bonds is 6. The Hall–Kier alpha value is -0.830. The molecule has 0 aromatic carbocycles. The third-order valence-corrected chi connectivity index (χ3v) is 5.05. The molecule has 0 saturated heterocycles. The van der Waals surface area contributed by atoms with E-state index in [9.17, 15) is 0 Å². The summed E-state index contributed by atoms with van der Waals surface area (Å²) in [6, 6.07) is 2.23. The van der Waals surface area contributed by atoms with Crippen LogP contribution in [-0.4, -0.2) is 22.9 Å². The SMILES string of the molecule is CC(C)CNCC1CCC(C(C)C)CC1c1ccn(C)n1. The summed E-state index contributed by atoms with van der Waals surface area (Å²) in [6.45, 7) is 11.6. The Morgan fingerprint density at radius 2 is 2.05 bits per heavy atom. The number of nitrogens with zero attached hydrogens (tertiary/aromatic N) is 2. The number of aromatic nitrogens is 2. The molecule has 1 aliphatic rings. The summed E-state index contributed by atoms with van der Waals surface area (Å²) in [5.74, 6) is 3.75. The van der Waals surface area contributed by atoms with Crippen LogP contribution in [0, 0.1) is 23.7 Å². The lowest BCUT2D eigenvalue weighted by molar-refractivity contribution is 0.187. The van der Waals surface area contributed by atoms with E-state index in [1.807, 2.05) is 11.7 Å². The maximum Gasteiger partial charge on any atom is 0.0658 e. The fourth-order valence-corrected chi connectivity index (χ4v) is 3.67. The van der Waals surface area contributed by atoms with E-state index in [0.717, 1.165) is 36.8 Å². The highest BCUT2D eigenvalue weighted by Crippen LogP contribution is 2.42. The first-order chi connectivity index (χ1) is 9.97. The molecule has 1 N–H and O–H groups in total. The van der Waals surface area contributed by atoms with Crippen LogP contribution in [0.4, 0.5) is 0 Å². The van der Waals surface area contributed by atoms with Gasteiger partial charge in [-0.3, -0.25) is 4.68 Å². The summed E-state index contributed by atoms with van der Waals surface area (Å²) in [4.78, 5) is 0. The van der Waals surface area contributed by atoms with Crippen LogP contribution in [0.2, 0.25) is 0 Å². The number of nitrogens with one attached hydrogen (secondary N) is 1. The van der Waals surface area contributed by atoms with E-state index in [4.69, 9.17) is 5.10 Å². The van der Waals surface area contributed by atoms with Crippen molar-refractivity contribution in [3.63, 3.8) is 0 Å². The Morgan fingerprint density at radius 3 is 2.62 bits per heavy atom. The van der Waals surface area contributed by atoms with Gasteiger partial charge in [0.1, 0.15) is 0 Å². The van der Waals surface area contributed by atoms with Crippen LogP contribution in [0.5, 0.6) is 0 Å². The van der Waals surface area contributed by atoms with Gasteiger partial charge in [-0.2, -0.15) is 5.10 Å². The molecule has 1 heterocycles. The Bertz CT molecular complexity index is 420. The second-order valence-corrected chi connectivity index (χ2v) is 7.65. The molecule has 1 aromatic heterocycles. The van der Waals surface area contributed by atoms with Crippen molar-refractivity contribution < 1.29 is 0 Å². The van der Waals surface area contributed by atoms with Gasteiger partial charge >= 0.3 is 0 Å². The standard InChI is InChI=1S/C18H33N3/c1-13(2)11-19-12-16-7-6-15(14(3)4)10-17(16)18-8-9-21(5)20-18/h8-9,13-17,19H,6-7,10-12H2,1-5H3.